The van der Waals surface area contributed by atoms with Crippen LogP contribution in [0.4, 0.5) is 5.69 Å². The topological polar surface area (TPSA) is 67.2 Å². The third-order valence-corrected chi connectivity index (χ3v) is 5.15. The molecule has 4 N–H and O–H groups in total. The van der Waals surface area contributed by atoms with Crippen LogP contribution in [0.3, 0.4) is 0 Å². The van der Waals surface area contributed by atoms with Gasteiger partial charge in [0.1, 0.15) is 0 Å². The summed E-state index contributed by atoms with van der Waals surface area (Å²) < 4.78 is 0. The second kappa shape index (κ2) is 10.6. The first-order valence-electron chi connectivity index (χ1n) is 10.5. The Labute approximate surface area is 179 Å². The van der Waals surface area contributed by atoms with E-state index in [1.807, 2.05) is 30.3 Å². The minimum absolute atomic E-state index is 0.0104. The molecule has 1 amide bonds. The first-order chi connectivity index (χ1) is 14.6. The van der Waals surface area contributed by atoms with Gasteiger partial charge in [0.15, 0.2) is 0 Å². The van der Waals surface area contributed by atoms with E-state index < -0.39 is 0 Å². The maximum atomic E-state index is 12.6. The zero-order valence-corrected chi connectivity index (χ0v) is 17.8. The van der Waals surface area contributed by atoms with Gasteiger partial charge in [0.2, 0.25) is 5.91 Å². The number of nitrogens with one attached hydrogen (secondary N) is 2. The van der Waals surface area contributed by atoms with Crippen LogP contribution in [0, 0.1) is 5.92 Å². The third kappa shape index (κ3) is 5.94. The highest BCUT2D eigenvalue weighted by molar-refractivity contribution is 5.84. The summed E-state index contributed by atoms with van der Waals surface area (Å²) in [7, 11) is 0. The number of carbonyl (C=O) groups is 1. The van der Waals surface area contributed by atoms with Crippen LogP contribution in [0.2, 0.25) is 0 Å². The van der Waals surface area contributed by atoms with E-state index in [1.165, 1.54) is 5.56 Å². The molecule has 4 heteroatoms. The molecule has 0 saturated carbocycles. The van der Waals surface area contributed by atoms with Gasteiger partial charge < -0.3 is 16.4 Å². The number of carbonyl (C=O) groups excluding carboxylic acids is 1. The highest BCUT2D eigenvalue weighted by atomic mass is 16.1. The zero-order chi connectivity index (χ0) is 21.3. The van der Waals surface area contributed by atoms with E-state index in [9.17, 15) is 4.79 Å². The molecule has 3 rings (SSSR count). The first kappa shape index (κ1) is 21.6. The maximum absolute atomic E-state index is 12.6. The van der Waals surface area contributed by atoms with E-state index in [1.54, 1.807) is 0 Å². The van der Waals surface area contributed by atoms with E-state index in [0.29, 0.717) is 5.92 Å². The van der Waals surface area contributed by atoms with Crippen molar-refractivity contribution in [1.29, 1.82) is 0 Å². The van der Waals surface area contributed by atoms with Crippen LogP contribution < -0.4 is 16.4 Å². The van der Waals surface area contributed by atoms with Crippen molar-refractivity contribution in [3.8, 4) is 11.1 Å². The standard InChI is InChI=1S/C26H31N3O/c1-19(2)15-25(26(30)29-18-27)23-10-6-9-22(16-23)21-11-13-24(14-12-21)28-17-20-7-4-3-5-8-20/h3-14,16,19,25,28H,15,17-18,27H2,1-2H3,(H,29,30)/t25-/m1/s1. The van der Waals surface area contributed by atoms with E-state index in [-0.39, 0.29) is 18.5 Å². The van der Waals surface area contributed by atoms with Crippen molar-refractivity contribution < 1.29 is 4.79 Å². The number of nitrogens with two attached hydrogens (primary N) is 1. The molecule has 0 aliphatic rings. The number of anilines is 1. The van der Waals surface area contributed by atoms with Crippen LogP contribution in [-0.4, -0.2) is 12.6 Å². The van der Waals surface area contributed by atoms with Gasteiger partial charge in [-0.05, 0) is 46.7 Å². The molecule has 0 unspecified atom stereocenters. The fourth-order valence-electron chi connectivity index (χ4n) is 3.61. The van der Waals surface area contributed by atoms with Gasteiger partial charge in [-0.25, -0.2) is 0 Å². The number of rotatable bonds is 9. The number of hydrogen-bond acceptors (Lipinski definition) is 3. The molecule has 0 aromatic heterocycles. The second-order valence-electron chi connectivity index (χ2n) is 7.97. The van der Waals surface area contributed by atoms with Crippen LogP contribution in [0.1, 0.15) is 37.3 Å². The number of hydrogen-bond donors (Lipinski definition) is 3. The number of benzene rings is 3. The van der Waals surface area contributed by atoms with Crippen molar-refractivity contribution in [2.45, 2.75) is 32.7 Å². The average Bonchev–Trinajstić information content (AvgIpc) is 2.77. The maximum Gasteiger partial charge on any atom is 0.228 e. The summed E-state index contributed by atoms with van der Waals surface area (Å²) in [6.07, 6.45) is 0.789. The van der Waals surface area contributed by atoms with Crippen molar-refractivity contribution >= 4 is 11.6 Å². The summed E-state index contributed by atoms with van der Waals surface area (Å²) in [6, 6.07) is 27.0. The van der Waals surface area contributed by atoms with Gasteiger partial charge in [-0.1, -0.05) is 80.6 Å². The van der Waals surface area contributed by atoms with E-state index in [0.717, 1.165) is 35.3 Å². The molecule has 0 fully saturated rings. The van der Waals surface area contributed by atoms with Crippen LogP contribution in [0.25, 0.3) is 11.1 Å². The molecule has 1 atom stereocenters. The summed E-state index contributed by atoms with van der Waals surface area (Å²) >= 11 is 0. The Kier molecular flexibility index (Phi) is 7.63. The van der Waals surface area contributed by atoms with E-state index >= 15 is 0 Å². The smallest absolute Gasteiger partial charge is 0.228 e. The van der Waals surface area contributed by atoms with Crippen molar-refractivity contribution in [3.63, 3.8) is 0 Å². The summed E-state index contributed by atoms with van der Waals surface area (Å²) in [4.78, 5) is 12.6. The Morgan fingerprint density at radius 1 is 0.900 bits per heavy atom. The Morgan fingerprint density at radius 3 is 2.30 bits per heavy atom. The summed E-state index contributed by atoms with van der Waals surface area (Å²) in [5.74, 6) is 0.210. The van der Waals surface area contributed by atoms with Gasteiger partial charge in [-0.3, -0.25) is 4.79 Å². The molecule has 3 aromatic carbocycles. The lowest BCUT2D eigenvalue weighted by Gasteiger charge is -2.19. The molecule has 0 aliphatic heterocycles. The molecule has 0 heterocycles. The highest BCUT2D eigenvalue weighted by Gasteiger charge is 2.21. The van der Waals surface area contributed by atoms with Crippen molar-refractivity contribution in [2.75, 3.05) is 12.0 Å². The lowest BCUT2D eigenvalue weighted by atomic mass is 9.88. The van der Waals surface area contributed by atoms with Gasteiger partial charge >= 0.3 is 0 Å². The predicted molar refractivity (Wildman–Crippen MR) is 125 cm³/mol. The Hall–Kier alpha value is -3.11. The quantitative estimate of drug-likeness (QED) is 0.436. The molecule has 4 nitrogen and oxygen atoms in total. The lowest BCUT2D eigenvalue weighted by Crippen LogP contribution is -2.34. The molecule has 3 aromatic rings. The van der Waals surface area contributed by atoms with Crippen molar-refractivity contribution in [3.05, 3.63) is 90.0 Å². The number of amides is 1. The van der Waals surface area contributed by atoms with Gasteiger partial charge in [0.25, 0.3) is 0 Å². The normalized spacial score (nSPS) is 11.9. The average molecular weight is 402 g/mol. The highest BCUT2D eigenvalue weighted by Crippen LogP contribution is 2.29. The minimum Gasteiger partial charge on any atom is -0.381 e. The fraction of sp³-hybridized carbons (Fsp3) is 0.269. The van der Waals surface area contributed by atoms with Gasteiger partial charge in [0, 0.05) is 12.2 Å². The largest absolute Gasteiger partial charge is 0.381 e. The van der Waals surface area contributed by atoms with Crippen molar-refractivity contribution in [1.82, 2.24) is 5.32 Å². The summed E-state index contributed by atoms with van der Waals surface area (Å²) in [5.41, 5.74) is 11.1. The molecule has 156 valence electrons. The molecular weight excluding hydrogens is 370 g/mol. The van der Waals surface area contributed by atoms with E-state index in [4.69, 9.17) is 5.73 Å². The minimum atomic E-state index is -0.194. The molecular formula is C26H31N3O. The first-order valence-corrected chi connectivity index (χ1v) is 10.5. The molecule has 0 saturated heterocycles. The van der Waals surface area contributed by atoms with Crippen LogP contribution in [0.5, 0.6) is 0 Å². The summed E-state index contributed by atoms with van der Waals surface area (Å²) in [5, 5.41) is 6.23. The van der Waals surface area contributed by atoms with Gasteiger partial charge in [0.05, 0.1) is 12.6 Å². The molecule has 0 aliphatic carbocycles. The Morgan fingerprint density at radius 2 is 1.63 bits per heavy atom. The summed E-state index contributed by atoms with van der Waals surface area (Å²) in [6.45, 7) is 5.22. The monoisotopic (exact) mass is 401 g/mol. The SMILES string of the molecule is CC(C)C[C@@H](C(=O)NCN)c1cccc(-c2ccc(NCc3ccccc3)cc2)c1. The third-order valence-electron chi connectivity index (χ3n) is 5.15. The van der Waals surface area contributed by atoms with Crippen LogP contribution >= 0.6 is 0 Å². The van der Waals surface area contributed by atoms with Crippen molar-refractivity contribution in [2.24, 2.45) is 11.7 Å². The predicted octanol–water partition coefficient (Wildman–Crippen LogP) is 5.13. The van der Waals surface area contributed by atoms with Crippen LogP contribution in [-0.2, 0) is 11.3 Å². The van der Waals surface area contributed by atoms with Gasteiger partial charge in [-0.2, -0.15) is 0 Å². The Balaban J connectivity index is 1.75. The fourth-order valence-corrected chi connectivity index (χ4v) is 3.61. The van der Waals surface area contributed by atoms with Crippen LogP contribution in [0.15, 0.2) is 78.9 Å². The van der Waals surface area contributed by atoms with Gasteiger partial charge in [-0.15, -0.1) is 0 Å². The molecule has 0 radical (unpaired) electrons. The molecule has 0 spiro atoms. The lowest BCUT2D eigenvalue weighted by molar-refractivity contribution is -0.122. The zero-order valence-electron chi connectivity index (χ0n) is 17.8. The molecule has 0 bridgehead atoms. The Bertz CT molecular complexity index is 936. The van der Waals surface area contributed by atoms with E-state index in [2.05, 4.69) is 73.0 Å². The second-order valence-corrected chi connectivity index (χ2v) is 7.97. The molecule has 30 heavy (non-hydrogen) atoms.